The van der Waals surface area contributed by atoms with Crippen LogP contribution in [0.5, 0.6) is 5.75 Å². The summed E-state index contributed by atoms with van der Waals surface area (Å²) in [6, 6.07) is 16.6. The quantitative estimate of drug-likeness (QED) is 0.284. The van der Waals surface area contributed by atoms with Crippen LogP contribution in [0.2, 0.25) is 0 Å². The topological polar surface area (TPSA) is 9.23 Å². The maximum atomic E-state index is 5.73. The molecule has 0 atom stereocenters. The Morgan fingerprint density at radius 3 is 2.08 bits per heavy atom. The Balaban J connectivity index is 1.85. The summed E-state index contributed by atoms with van der Waals surface area (Å²) in [5, 5.41) is 0. The summed E-state index contributed by atoms with van der Waals surface area (Å²) in [6.45, 7) is 5.16. The Labute approximate surface area is 159 Å². The number of benzene rings is 2. The molecule has 0 aromatic heterocycles. The molecule has 26 heavy (non-hydrogen) atoms. The molecule has 0 amide bonds. The minimum Gasteiger partial charge on any atom is -0.494 e. The number of hydrogen-bond acceptors (Lipinski definition) is 1. The van der Waals surface area contributed by atoms with Crippen molar-refractivity contribution in [3.05, 3.63) is 77.4 Å². The van der Waals surface area contributed by atoms with E-state index in [9.17, 15) is 0 Å². The van der Waals surface area contributed by atoms with Gasteiger partial charge in [-0.15, -0.1) is 0 Å². The molecule has 2 aromatic carbocycles. The summed E-state index contributed by atoms with van der Waals surface area (Å²) in [5.74, 6) is 7.39. The SMILES string of the molecule is CCC=CCCc1ccc(C#Cc2ccc(OCCCCC)cc2)cc1. The van der Waals surface area contributed by atoms with Crippen molar-refractivity contribution in [2.45, 2.75) is 52.4 Å². The average molecular weight is 347 g/mol. The first-order valence-corrected chi connectivity index (χ1v) is 9.80. The molecule has 0 bridgehead atoms. The zero-order valence-corrected chi connectivity index (χ0v) is 16.1. The molecule has 136 valence electrons. The Morgan fingerprint density at radius 1 is 0.808 bits per heavy atom. The van der Waals surface area contributed by atoms with Crippen molar-refractivity contribution in [2.24, 2.45) is 0 Å². The minimum absolute atomic E-state index is 0.791. The molecule has 0 unspecified atom stereocenters. The molecule has 0 aliphatic rings. The van der Waals surface area contributed by atoms with E-state index < -0.39 is 0 Å². The highest BCUT2D eigenvalue weighted by Crippen LogP contribution is 2.13. The second kappa shape index (κ2) is 12.0. The van der Waals surface area contributed by atoms with Crippen LogP contribution in [0.4, 0.5) is 0 Å². The molecular weight excluding hydrogens is 316 g/mol. The summed E-state index contributed by atoms with van der Waals surface area (Å²) in [5.41, 5.74) is 3.43. The van der Waals surface area contributed by atoms with E-state index in [2.05, 4.69) is 62.1 Å². The normalized spacial score (nSPS) is 10.5. The highest BCUT2D eigenvalue weighted by atomic mass is 16.5. The van der Waals surface area contributed by atoms with Crippen molar-refractivity contribution in [1.29, 1.82) is 0 Å². The molecule has 0 fully saturated rings. The zero-order chi connectivity index (χ0) is 18.5. The molecule has 0 aliphatic carbocycles. The standard InChI is InChI=1S/C25H30O/c1-3-5-7-8-10-22-11-13-23(14-12-22)15-16-24-17-19-25(20-18-24)26-21-9-6-4-2/h5,7,11-14,17-20H,3-4,6,8-10,21H2,1-2H3. The fraction of sp³-hybridized carbons (Fsp3) is 0.360. The average Bonchev–Trinajstić information content (AvgIpc) is 2.69. The number of aryl methyl sites for hydroxylation is 1. The van der Waals surface area contributed by atoms with Gasteiger partial charge in [0.05, 0.1) is 6.61 Å². The van der Waals surface area contributed by atoms with Gasteiger partial charge in [-0.2, -0.15) is 0 Å². The lowest BCUT2D eigenvalue weighted by atomic mass is 10.1. The van der Waals surface area contributed by atoms with Crippen LogP contribution < -0.4 is 4.74 Å². The van der Waals surface area contributed by atoms with Crippen molar-refractivity contribution in [2.75, 3.05) is 6.61 Å². The highest BCUT2D eigenvalue weighted by molar-refractivity contribution is 5.44. The van der Waals surface area contributed by atoms with E-state index in [1.165, 1.54) is 18.4 Å². The molecule has 0 spiro atoms. The van der Waals surface area contributed by atoms with E-state index in [1.54, 1.807) is 0 Å². The molecule has 2 aromatic rings. The summed E-state index contributed by atoms with van der Waals surface area (Å²) >= 11 is 0. The molecule has 0 saturated heterocycles. The van der Waals surface area contributed by atoms with Gasteiger partial charge >= 0.3 is 0 Å². The second-order valence-electron chi connectivity index (χ2n) is 6.45. The lowest BCUT2D eigenvalue weighted by Crippen LogP contribution is -1.96. The summed E-state index contributed by atoms with van der Waals surface area (Å²) in [7, 11) is 0. The van der Waals surface area contributed by atoms with Gasteiger partial charge in [0.2, 0.25) is 0 Å². The van der Waals surface area contributed by atoms with E-state index >= 15 is 0 Å². The monoisotopic (exact) mass is 346 g/mol. The van der Waals surface area contributed by atoms with Gasteiger partial charge in [-0.05, 0) is 67.6 Å². The van der Waals surface area contributed by atoms with E-state index in [1.807, 2.05) is 24.3 Å². The van der Waals surface area contributed by atoms with Crippen LogP contribution in [0.1, 0.15) is 62.6 Å². The van der Waals surface area contributed by atoms with E-state index in [0.717, 1.165) is 49.2 Å². The predicted octanol–water partition coefficient (Wildman–Crippen LogP) is 6.55. The van der Waals surface area contributed by atoms with Crippen LogP contribution in [0.3, 0.4) is 0 Å². The Hall–Kier alpha value is -2.46. The lowest BCUT2D eigenvalue weighted by Gasteiger charge is -2.05. The number of ether oxygens (including phenoxy) is 1. The molecule has 0 N–H and O–H groups in total. The van der Waals surface area contributed by atoms with Gasteiger partial charge in [-0.3, -0.25) is 0 Å². The zero-order valence-electron chi connectivity index (χ0n) is 16.1. The van der Waals surface area contributed by atoms with E-state index in [0.29, 0.717) is 0 Å². The highest BCUT2D eigenvalue weighted by Gasteiger charge is 1.95. The Morgan fingerprint density at radius 2 is 1.46 bits per heavy atom. The van der Waals surface area contributed by atoms with Crippen molar-refractivity contribution in [3.8, 4) is 17.6 Å². The van der Waals surface area contributed by atoms with Crippen LogP contribution in [0.25, 0.3) is 0 Å². The first-order valence-electron chi connectivity index (χ1n) is 9.80. The lowest BCUT2D eigenvalue weighted by molar-refractivity contribution is 0.306. The predicted molar refractivity (Wildman–Crippen MR) is 112 cm³/mol. The molecule has 0 aliphatic heterocycles. The van der Waals surface area contributed by atoms with Crippen molar-refractivity contribution in [3.63, 3.8) is 0 Å². The fourth-order valence-electron chi connectivity index (χ4n) is 2.61. The summed E-state index contributed by atoms with van der Waals surface area (Å²) < 4.78 is 5.73. The molecule has 0 saturated carbocycles. The van der Waals surface area contributed by atoms with Gasteiger partial charge in [0.15, 0.2) is 0 Å². The Bertz CT molecular complexity index is 711. The van der Waals surface area contributed by atoms with E-state index in [-0.39, 0.29) is 0 Å². The smallest absolute Gasteiger partial charge is 0.119 e. The Kier molecular flexibility index (Phi) is 9.15. The number of hydrogen-bond donors (Lipinski definition) is 0. The first-order chi connectivity index (χ1) is 12.8. The maximum absolute atomic E-state index is 5.73. The van der Waals surface area contributed by atoms with Gasteiger partial charge < -0.3 is 4.74 Å². The van der Waals surface area contributed by atoms with Crippen molar-refractivity contribution >= 4 is 0 Å². The van der Waals surface area contributed by atoms with Gasteiger partial charge in [0.1, 0.15) is 5.75 Å². The fourth-order valence-corrected chi connectivity index (χ4v) is 2.61. The van der Waals surface area contributed by atoms with Crippen LogP contribution in [-0.4, -0.2) is 6.61 Å². The van der Waals surface area contributed by atoms with Crippen LogP contribution >= 0.6 is 0 Å². The third-order valence-corrected chi connectivity index (χ3v) is 4.18. The van der Waals surface area contributed by atoms with Gasteiger partial charge in [0, 0.05) is 11.1 Å². The minimum atomic E-state index is 0.791. The number of allylic oxidation sites excluding steroid dienone is 2. The van der Waals surface area contributed by atoms with Gasteiger partial charge in [-0.1, -0.05) is 62.8 Å². The number of unbranched alkanes of at least 4 members (excludes halogenated alkanes) is 2. The van der Waals surface area contributed by atoms with Gasteiger partial charge in [0.25, 0.3) is 0 Å². The molecule has 0 heterocycles. The van der Waals surface area contributed by atoms with Gasteiger partial charge in [-0.25, -0.2) is 0 Å². The molecule has 1 heteroatoms. The van der Waals surface area contributed by atoms with Crippen molar-refractivity contribution in [1.82, 2.24) is 0 Å². The van der Waals surface area contributed by atoms with Crippen molar-refractivity contribution < 1.29 is 4.74 Å². The van der Waals surface area contributed by atoms with E-state index in [4.69, 9.17) is 4.74 Å². The first kappa shape index (κ1) is 19.9. The van der Waals surface area contributed by atoms with Crippen LogP contribution in [0, 0.1) is 11.8 Å². The largest absolute Gasteiger partial charge is 0.494 e. The summed E-state index contributed by atoms with van der Waals surface area (Å²) in [4.78, 5) is 0. The summed E-state index contributed by atoms with van der Waals surface area (Å²) in [6.07, 6.45) is 11.3. The molecule has 2 rings (SSSR count). The third-order valence-electron chi connectivity index (χ3n) is 4.18. The maximum Gasteiger partial charge on any atom is 0.119 e. The third kappa shape index (κ3) is 7.62. The second-order valence-corrected chi connectivity index (χ2v) is 6.45. The molecular formula is C25H30O. The number of rotatable bonds is 9. The molecule has 0 radical (unpaired) electrons. The molecule has 1 nitrogen and oxygen atoms in total. The van der Waals surface area contributed by atoms with Crippen LogP contribution in [-0.2, 0) is 6.42 Å². The van der Waals surface area contributed by atoms with Crippen LogP contribution in [0.15, 0.2) is 60.7 Å².